The molecular formula is C12H16N2O2. The normalized spacial score (nSPS) is 11.1. The molecule has 1 heterocycles. The summed E-state index contributed by atoms with van der Waals surface area (Å²) in [4.78, 5) is 11.3. The van der Waals surface area contributed by atoms with Gasteiger partial charge in [-0.2, -0.15) is 0 Å². The highest BCUT2D eigenvalue weighted by Crippen LogP contribution is 2.13. The quantitative estimate of drug-likeness (QED) is 0.797. The summed E-state index contributed by atoms with van der Waals surface area (Å²) in [7, 11) is 1.71. The zero-order chi connectivity index (χ0) is 11.5. The molecule has 2 aromatic rings. The van der Waals surface area contributed by atoms with E-state index in [1.807, 2.05) is 18.2 Å². The summed E-state index contributed by atoms with van der Waals surface area (Å²) in [5, 5.41) is 3.31. The van der Waals surface area contributed by atoms with Gasteiger partial charge in [0.05, 0.1) is 5.52 Å². The van der Waals surface area contributed by atoms with Crippen LogP contribution in [-0.2, 0) is 13.6 Å². The number of hydrogen-bond donors (Lipinski definition) is 1. The van der Waals surface area contributed by atoms with Gasteiger partial charge in [-0.1, -0.05) is 13.0 Å². The average Bonchev–Trinajstić information content (AvgIpc) is 2.55. The van der Waals surface area contributed by atoms with Crippen LogP contribution in [0.3, 0.4) is 0 Å². The van der Waals surface area contributed by atoms with E-state index in [-0.39, 0.29) is 5.76 Å². The molecule has 0 saturated heterocycles. The monoisotopic (exact) mass is 220 g/mol. The Bertz CT molecular complexity index is 539. The highest BCUT2D eigenvalue weighted by Gasteiger charge is 2.05. The van der Waals surface area contributed by atoms with Crippen LogP contribution in [0, 0.1) is 0 Å². The van der Waals surface area contributed by atoms with E-state index in [0.29, 0.717) is 5.58 Å². The maximum Gasteiger partial charge on any atom is 0.419 e. The molecule has 0 amide bonds. The summed E-state index contributed by atoms with van der Waals surface area (Å²) < 4.78 is 6.64. The molecule has 0 saturated carbocycles. The molecule has 4 heteroatoms. The lowest BCUT2D eigenvalue weighted by atomic mass is 10.2. The van der Waals surface area contributed by atoms with Crippen molar-refractivity contribution in [3.8, 4) is 0 Å². The smallest absolute Gasteiger partial charge is 0.408 e. The second kappa shape index (κ2) is 4.53. The number of oxazole rings is 1. The molecule has 4 nitrogen and oxygen atoms in total. The van der Waals surface area contributed by atoms with Gasteiger partial charge in [0.25, 0.3) is 0 Å². The van der Waals surface area contributed by atoms with E-state index in [9.17, 15) is 4.79 Å². The third kappa shape index (κ3) is 2.02. The standard InChI is InChI=1S/C12H16N2O2/c1-3-6-13-8-9-4-5-10-11(7-9)16-12(15)14(10)2/h4-5,7,13H,3,6,8H2,1-2H3. The second-order valence-electron chi connectivity index (χ2n) is 3.91. The zero-order valence-electron chi connectivity index (χ0n) is 9.62. The molecule has 0 atom stereocenters. The molecule has 0 fully saturated rings. The van der Waals surface area contributed by atoms with Crippen molar-refractivity contribution in [2.24, 2.45) is 7.05 Å². The highest BCUT2D eigenvalue weighted by molar-refractivity contribution is 5.73. The van der Waals surface area contributed by atoms with Crippen molar-refractivity contribution in [1.82, 2.24) is 9.88 Å². The second-order valence-corrected chi connectivity index (χ2v) is 3.91. The third-order valence-corrected chi connectivity index (χ3v) is 2.61. The Hall–Kier alpha value is -1.55. The number of nitrogens with one attached hydrogen (secondary N) is 1. The SMILES string of the molecule is CCCNCc1ccc2c(c1)oc(=O)n2C. The largest absolute Gasteiger partial charge is 0.419 e. The molecule has 0 aliphatic rings. The van der Waals surface area contributed by atoms with Crippen LogP contribution >= 0.6 is 0 Å². The van der Waals surface area contributed by atoms with Crippen LogP contribution in [0.5, 0.6) is 0 Å². The lowest BCUT2D eigenvalue weighted by Gasteiger charge is -2.02. The molecule has 0 spiro atoms. The van der Waals surface area contributed by atoms with Crippen molar-refractivity contribution >= 4 is 11.1 Å². The van der Waals surface area contributed by atoms with Crippen molar-refractivity contribution in [3.05, 3.63) is 34.3 Å². The van der Waals surface area contributed by atoms with Crippen molar-refractivity contribution in [2.75, 3.05) is 6.54 Å². The highest BCUT2D eigenvalue weighted by atomic mass is 16.4. The van der Waals surface area contributed by atoms with Gasteiger partial charge in [-0.25, -0.2) is 4.79 Å². The van der Waals surface area contributed by atoms with Gasteiger partial charge in [-0.15, -0.1) is 0 Å². The van der Waals surface area contributed by atoms with Gasteiger partial charge in [0.2, 0.25) is 0 Å². The first-order valence-electron chi connectivity index (χ1n) is 5.51. The van der Waals surface area contributed by atoms with Crippen LogP contribution in [0.2, 0.25) is 0 Å². The van der Waals surface area contributed by atoms with E-state index in [4.69, 9.17) is 4.42 Å². The van der Waals surface area contributed by atoms with Gasteiger partial charge in [0.15, 0.2) is 5.58 Å². The fraction of sp³-hybridized carbons (Fsp3) is 0.417. The molecule has 1 aromatic heterocycles. The Morgan fingerprint density at radius 3 is 3.00 bits per heavy atom. The molecular weight excluding hydrogens is 204 g/mol. The fourth-order valence-corrected chi connectivity index (χ4v) is 1.70. The van der Waals surface area contributed by atoms with Gasteiger partial charge in [0.1, 0.15) is 0 Å². The van der Waals surface area contributed by atoms with Crippen LogP contribution in [0.25, 0.3) is 11.1 Å². The molecule has 1 N–H and O–H groups in total. The van der Waals surface area contributed by atoms with Gasteiger partial charge < -0.3 is 9.73 Å². The van der Waals surface area contributed by atoms with Crippen LogP contribution in [0.15, 0.2) is 27.4 Å². The number of fused-ring (bicyclic) bond motifs is 1. The molecule has 86 valence electrons. The van der Waals surface area contributed by atoms with Crippen molar-refractivity contribution in [1.29, 1.82) is 0 Å². The summed E-state index contributed by atoms with van der Waals surface area (Å²) in [6, 6.07) is 5.85. The minimum Gasteiger partial charge on any atom is -0.408 e. The maximum atomic E-state index is 11.3. The number of rotatable bonds is 4. The first-order valence-corrected chi connectivity index (χ1v) is 5.51. The van der Waals surface area contributed by atoms with E-state index in [0.717, 1.165) is 30.6 Å². The van der Waals surface area contributed by atoms with Crippen LogP contribution in [0.1, 0.15) is 18.9 Å². The molecule has 16 heavy (non-hydrogen) atoms. The maximum absolute atomic E-state index is 11.3. The Morgan fingerprint density at radius 2 is 2.25 bits per heavy atom. The molecule has 2 rings (SSSR count). The number of nitrogens with zero attached hydrogens (tertiary/aromatic N) is 1. The summed E-state index contributed by atoms with van der Waals surface area (Å²) in [6.45, 7) is 3.94. The van der Waals surface area contributed by atoms with Crippen molar-refractivity contribution in [2.45, 2.75) is 19.9 Å². The summed E-state index contributed by atoms with van der Waals surface area (Å²) >= 11 is 0. The summed E-state index contributed by atoms with van der Waals surface area (Å²) in [6.07, 6.45) is 1.11. The average molecular weight is 220 g/mol. The number of hydrogen-bond acceptors (Lipinski definition) is 3. The van der Waals surface area contributed by atoms with E-state index < -0.39 is 0 Å². The van der Waals surface area contributed by atoms with E-state index in [1.165, 1.54) is 4.57 Å². The van der Waals surface area contributed by atoms with Crippen molar-refractivity contribution < 1.29 is 4.42 Å². The molecule has 0 radical (unpaired) electrons. The number of aryl methyl sites for hydroxylation is 1. The van der Waals surface area contributed by atoms with Gasteiger partial charge in [-0.05, 0) is 30.7 Å². The predicted molar refractivity (Wildman–Crippen MR) is 63.5 cm³/mol. The fourth-order valence-electron chi connectivity index (χ4n) is 1.70. The first kappa shape index (κ1) is 11.0. The predicted octanol–water partition coefficient (Wildman–Crippen LogP) is 1.63. The Kier molecular flexibility index (Phi) is 3.10. The molecule has 0 bridgehead atoms. The third-order valence-electron chi connectivity index (χ3n) is 2.61. The number of benzene rings is 1. The Balaban J connectivity index is 2.27. The lowest BCUT2D eigenvalue weighted by Crippen LogP contribution is -2.13. The molecule has 1 aromatic carbocycles. The molecule has 0 aliphatic heterocycles. The van der Waals surface area contributed by atoms with E-state index in [1.54, 1.807) is 7.05 Å². The van der Waals surface area contributed by atoms with E-state index >= 15 is 0 Å². The first-order chi connectivity index (χ1) is 7.72. The summed E-state index contributed by atoms with van der Waals surface area (Å²) in [5.41, 5.74) is 2.63. The lowest BCUT2D eigenvalue weighted by molar-refractivity contribution is 0.527. The van der Waals surface area contributed by atoms with Crippen LogP contribution in [-0.4, -0.2) is 11.1 Å². The Labute approximate surface area is 93.9 Å². The number of aromatic nitrogens is 1. The summed E-state index contributed by atoms with van der Waals surface area (Å²) in [5.74, 6) is -0.311. The minimum atomic E-state index is -0.311. The Morgan fingerprint density at radius 1 is 1.44 bits per heavy atom. The van der Waals surface area contributed by atoms with Gasteiger partial charge in [0, 0.05) is 13.6 Å². The van der Waals surface area contributed by atoms with Gasteiger partial charge in [-0.3, -0.25) is 4.57 Å². The molecule has 0 aliphatic carbocycles. The van der Waals surface area contributed by atoms with Crippen LogP contribution < -0.4 is 11.1 Å². The van der Waals surface area contributed by atoms with Crippen molar-refractivity contribution in [3.63, 3.8) is 0 Å². The molecule has 0 unspecified atom stereocenters. The van der Waals surface area contributed by atoms with Crippen LogP contribution in [0.4, 0.5) is 0 Å². The minimum absolute atomic E-state index is 0.311. The topological polar surface area (TPSA) is 47.2 Å². The van der Waals surface area contributed by atoms with Gasteiger partial charge >= 0.3 is 5.76 Å². The zero-order valence-corrected chi connectivity index (χ0v) is 9.62. The van der Waals surface area contributed by atoms with E-state index in [2.05, 4.69) is 12.2 Å².